The molecule has 0 atom stereocenters. The maximum Gasteiger partial charge on any atom is 0.0406 e. The standard InChI is InChI=1S/C8H11N3.C2H6/c9-4-6-2-1-3-8(11)7(6)5-10;1-2/h1-3,5,10H,4,9,11H2;1-2H3. The van der Waals surface area contributed by atoms with Crippen LogP contribution in [0.3, 0.4) is 0 Å². The molecule has 0 unspecified atom stereocenters. The lowest BCUT2D eigenvalue weighted by Crippen LogP contribution is -2.03. The summed E-state index contributed by atoms with van der Waals surface area (Å²) in [5.74, 6) is 0. The van der Waals surface area contributed by atoms with Crippen molar-refractivity contribution in [1.82, 2.24) is 0 Å². The van der Waals surface area contributed by atoms with Gasteiger partial charge < -0.3 is 16.9 Å². The number of benzene rings is 1. The molecule has 0 aliphatic heterocycles. The van der Waals surface area contributed by atoms with Crippen molar-refractivity contribution in [3.63, 3.8) is 0 Å². The monoisotopic (exact) mass is 179 g/mol. The second-order valence-corrected chi connectivity index (χ2v) is 2.27. The average molecular weight is 179 g/mol. The van der Waals surface area contributed by atoms with Crippen molar-refractivity contribution in [2.75, 3.05) is 5.73 Å². The second kappa shape index (κ2) is 6.20. The highest BCUT2D eigenvalue weighted by Crippen LogP contribution is 2.13. The molecule has 0 aliphatic carbocycles. The van der Waals surface area contributed by atoms with E-state index < -0.39 is 0 Å². The molecular formula is C10H17N3. The fourth-order valence-electron chi connectivity index (χ4n) is 0.987. The van der Waals surface area contributed by atoms with Crippen LogP contribution in [-0.4, -0.2) is 6.21 Å². The Hall–Kier alpha value is -1.35. The summed E-state index contributed by atoms with van der Waals surface area (Å²) < 4.78 is 0. The lowest BCUT2D eigenvalue weighted by atomic mass is 10.1. The van der Waals surface area contributed by atoms with Gasteiger partial charge in [0.15, 0.2) is 0 Å². The zero-order valence-electron chi connectivity index (χ0n) is 8.17. The van der Waals surface area contributed by atoms with E-state index in [9.17, 15) is 0 Å². The maximum absolute atomic E-state index is 7.07. The van der Waals surface area contributed by atoms with Crippen molar-refractivity contribution >= 4 is 11.9 Å². The first-order chi connectivity index (χ1) is 6.29. The largest absolute Gasteiger partial charge is 0.398 e. The van der Waals surface area contributed by atoms with Crippen LogP contribution in [-0.2, 0) is 6.54 Å². The van der Waals surface area contributed by atoms with E-state index in [1.807, 2.05) is 26.0 Å². The van der Waals surface area contributed by atoms with Gasteiger partial charge in [-0.05, 0) is 11.6 Å². The third-order valence-electron chi connectivity index (χ3n) is 1.59. The first kappa shape index (κ1) is 11.6. The summed E-state index contributed by atoms with van der Waals surface area (Å²) in [4.78, 5) is 0. The van der Waals surface area contributed by atoms with E-state index >= 15 is 0 Å². The third-order valence-corrected chi connectivity index (χ3v) is 1.59. The Morgan fingerprint density at radius 3 is 2.38 bits per heavy atom. The number of anilines is 1. The van der Waals surface area contributed by atoms with E-state index in [1.165, 1.54) is 6.21 Å². The topological polar surface area (TPSA) is 75.9 Å². The van der Waals surface area contributed by atoms with Gasteiger partial charge in [0.25, 0.3) is 0 Å². The summed E-state index contributed by atoms with van der Waals surface area (Å²) >= 11 is 0. The number of nitrogens with two attached hydrogens (primary N) is 2. The van der Waals surface area contributed by atoms with Crippen LogP contribution in [0.25, 0.3) is 0 Å². The Morgan fingerprint density at radius 2 is 2.00 bits per heavy atom. The molecular weight excluding hydrogens is 162 g/mol. The Bertz CT molecular complexity index is 269. The molecule has 1 rings (SSSR count). The normalized spacial score (nSPS) is 8.54. The molecule has 1 aromatic rings. The molecule has 0 saturated carbocycles. The number of hydrogen-bond acceptors (Lipinski definition) is 3. The van der Waals surface area contributed by atoms with Crippen LogP contribution in [0.2, 0.25) is 0 Å². The molecule has 13 heavy (non-hydrogen) atoms. The first-order valence-corrected chi connectivity index (χ1v) is 4.37. The van der Waals surface area contributed by atoms with Crippen molar-refractivity contribution in [1.29, 1.82) is 5.41 Å². The summed E-state index contributed by atoms with van der Waals surface area (Å²) in [6, 6.07) is 5.47. The lowest BCUT2D eigenvalue weighted by molar-refractivity contribution is 1.07. The Kier molecular flexibility index (Phi) is 5.55. The minimum Gasteiger partial charge on any atom is -0.398 e. The van der Waals surface area contributed by atoms with Gasteiger partial charge in [-0.25, -0.2) is 0 Å². The number of nitrogens with one attached hydrogen (secondary N) is 1. The maximum atomic E-state index is 7.07. The van der Waals surface area contributed by atoms with Crippen molar-refractivity contribution in [2.45, 2.75) is 20.4 Å². The molecule has 72 valence electrons. The number of nitrogen functional groups attached to an aromatic ring is 1. The van der Waals surface area contributed by atoms with Gasteiger partial charge in [0, 0.05) is 24.0 Å². The predicted molar refractivity (Wildman–Crippen MR) is 58.0 cm³/mol. The summed E-state index contributed by atoms with van der Waals surface area (Å²) in [6.07, 6.45) is 1.23. The van der Waals surface area contributed by atoms with Crippen molar-refractivity contribution in [3.05, 3.63) is 29.3 Å². The molecule has 0 spiro atoms. The summed E-state index contributed by atoms with van der Waals surface area (Å²) in [5.41, 5.74) is 13.3. The SMILES string of the molecule is CC.N=Cc1c(N)cccc1CN. The molecule has 0 heterocycles. The van der Waals surface area contributed by atoms with Crippen LogP contribution in [0.5, 0.6) is 0 Å². The smallest absolute Gasteiger partial charge is 0.0406 e. The van der Waals surface area contributed by atoms with Gasteiger partial charge >= 0.3 is 0 Å². The molecule has 3 nitrogen and oxygen atoms in total. The molecule has 0 saturated heterocycles. The van der Waals surface area contributed by atoms with Crippen molar-refractivity contribution in [2.24, 2.45) is 5.73 Å². The van der Waals surface area contributed by atoms with Gasteiger partial charge in [-0.3, -0.25) is 0 Å². The molecule has 0 aromatic heterocycles. The minimum absolute atomic E-state index is 0.426. The fraction of sp³-hybridized carbons (Fsp3) is 0.300. The molecule has 0 amide bonds. The van der Waals surface area contributed by atoms with Gasteiger partial charge in [0.2, 0.25) is 0 Å². The second-order valence-electron chi connectivity index (χ2n) is 2.27. The third kappa shape index (κ3) is 2.87. The average Bonchev–Trinajstić information content (AvgIpc) is 2.20. The fourth-order valence-corrected chi connectivity index (χ4v) is 0.987. The Balaban J connectivity index is 0.000000671. The van der Waals surface area contributed by atoms with Gasteiger partial charge in [-0.1, -0.05) is 26.0 Å². The van der Waals surface area contributed by atoms with Crippen LogP contribution in [0.1, 0.15) is 25.0 Å². The lowest BCUT2D eigenvalue weighted by Gasteiger charge is -2.04. The molecule has 0 radical (unpaired) electrons. The van der Waals surface area contributed by atoms with Gasteiger partial charge in [0.05, 0.1) is 0 Å². The first-order valence-electron chi connectivity index (χ1n) is 4.37. The van der Waals surface area contributed by atoms with Crippen molar-refractivity contribution in [3.8, 4) is 0 Å². The van der Waals surface area contributed by atoms with E-state index in [1.54, 1.807) is 6.07 Å². The molecule has 5 N–H and O–H groups in total. The quantitative estimate of drug-likeness (QED) is 0.478. The molecule has 0 bridgehead atoms. The van der Waals surface area contributed by atoms with E-state index in [2.05, 4.69) is 0 Å². The van der Waals surface area contributed by atoms with Gasteiger partial charge in [0.1, 0.15) is 0 Å². The Labute approximate surface area is 79.3 Å². The van der Waals surface area contributed by atoms with Crippen LogP contribution >= 0.6 is 0 Å². The summed E-state index contributed by atoms with van der Waals surface area (Å²) in [6.45, 7) is 4.43. The van der Waals surface area contributed by atoms with E-state index in [0.29, 0.717) is 12.2 Å². The Morgan fingerprint density at radius 1 is 1.38 bits per heavy atom. The van der Waals surface area contributed by atoms with E-state index in [-0.39, 0.29) is 0 Å². The molecule has 0 aliphatic rings. The predicted octanol–water partition coefficient (Wildman–Crippen LogP) is 1.75. The van der Waals surface area contributed by atoms with Crippen molar-refractivity contribution < 1.29 is 0 Å². The summed E-state index contributed by atoms with van der Waals surface area (Å²) in [5, 5.41) is 7.07. The van der Waals surface area contributed by atoms with Crippen LogP contribution in [0.15, 0.2) is 18.2 Å². The number of hydrogen-bond donors (Lipinski definition) is 3. The van der Waals surface area contributed by atoms with Crippen LogP contribution in [0.4, 0.5) is 5.69 Å². The highest BCUT2D eigenvalue weighted by atomic mass is 14.6. The number of rotatable bonds is 2. The highest BCUT2D eigenvalue weighted by Gasteiger charge is 1.99. The van der Waals surface area contributed by atoms with E-state index in [4.69, 9.17) is 16.9 Å². The molecule has 0 fully saturated rings. The van der Waals surface area contributed by atoms with Gasteiger partial charge in [-0.15, -0.1) is 0 Å². The van der Waals surface area contributed by atoms with Gasteiger partial charge in [-0.2, -0.15) is 0 Å². The zero-order chi connectivity index (χ0) is 10.3. The van der Waals surface area contributed by atoms with Crippen LogP contribution < -0.4 is 11.5 Å². The highest BCUT2D eigenvalue weighted by molar-refractivity contribution is 5.86. The summed E-state index contributed by atoms with van der Waals surface area (Å²) in [7, 11) is 0. The minimum atomic E-state index is 0.426. The molecule has 1 aromatic carbocycles. The zero-order valence-corrected chi connectivity index (χ0v) is 8.17. The van der Waals surface area contributed by atoms with E-state index in [0.717, 1.165) is 11.1 Å². The van der Waals surface area contributed by atoms with Crippen LogP contribution in [0, 0.1) is 5.41 Å². The molecule has 3 heteroatoms.